The highest BCUT2D eigenvalue weighted by molar-refractivity contribution is 6.44. The summed E-state index contributed by atoms with van der Waals surface area (Å²) < 4.78 is 0. The number of anilines is 1. The van der Waals surface area contributed by atoms with Crippen molar-refractivity contribution < 1.29 is 14.7 Å². The van der Waals surface area contributed by atoms with Gasteiger partial charge >= 0.3 is 5.97 Å². The summed E-state index contributed by atoms with van der Waals surface area (Å²) >= 11 is 12.0. The van der Waals surface area contributed by atoms with Gasteiger partial charge in [0.25, 0.3) is 0 Å². The fourth-order valence-corrected chi connectivity index (χ4v) is 2.13. The van der Waals surface area contributed by atoms with Crippen LogP contribution in [0, 0.1) is 5.92 Å². The van der Waals surface area contributed by atoms with Crippen molar-refractivity contribution in [1.82, 2.24) is 0 Å². The lowest BCUT2D eigenvalue weighted by Crippen LogP contribution is -2.35. The van der Waals surface area contributed by atoms with E-state index in [2.05, 4.69) is 0 Å². The van der Waals surface area contributed by atoms with Gasteiger partial charge in [-0.3, -0.25) is 4.79 Å². The van der Waals surface area contributed by atoms with Crippen molar-refractivity contribution in [2.24, 2.45) is 5.92 Å². The quantitative estimate of drug-likeness (QED) is 0.922. The summed E-state index contributed by atoms with van der Waals surface area (Å²) in [6.07, 6.45) is 0. The predicted molar refractivity (Wildman–Crippen MR) is 76.3 cm³/mol. The van der Waals surface area contributed by atoms with Crippen LogP contribution in [-0.4, -0.2) is 23.5 Å². The van der Waals surface area contributed by atoms with E-state index in [1.807, 2.05) is 0 Å². The maximum Gasteiger partial charge on any atom is 0.337 e. The second-order valence-corrected chi connectivity index (χ2v) is 5.09. The Balaban J connectivity index is 3.49. The molecule has 19 heavy (non-hydrogen) atoms. The van der Waals surface area contributed by atoms with Gasteiger partial charge in [-0.1, -0.05) is 37.0 Å². The number of aromatic carboxylic acids is 1. The molecule has 0 radical (unpaired) electrons. The van der Waals surface area contributed by atoms with Crippen LogP contribution in [0.3, 0.4) is 0 Å². The Kier molecular flexibility index (Phi) is 5.20. The van der Waals surface area contributed by atoms with Crippen molar-refractivity contribution in [2.45, 2.75) is 20.8 Å². The highest BCUT2D eigenvalue weighted by atomic mass is 35.5. The van der Waals surface area contributed by atoms with Gasteiger partial charge in [0, 0.05) is 12.5 Å². The molecule has 1 N–H and O–H groups in total. The third-order valence-electron chi connectivity index (χ3n) is 2.65. The van der Waals surface area contributed by atoms with E-state index in [9.17, 15) is 14.7 Å². The van der Waals surface area contributed by atoms with E-state index in [0.29, 0.717) is 6.54 Å². The molecule has 0 bridgehead atoms. The van der Waals surface area contributed by atoms with Gasteiger partial charge in [0.2, 0.25) is 5.91 Å². The standard InChI is InChI=1S/C13H15Cl2NO3/c1-4-16(12(17)7(2)3)11-8(13(18)19)5-6-9(14)10(11)15/h5-7H,4H2,1-3H3,(H,18,19). The summed E-state index contributed by atoms with van der Waals surface area (Å²) in [6, 6.07) is 2.76. The monoisotopic (exact) mass is 303 g/mol. The maximum atomic E-state index is 12.1. The summed E-state index contributed by atoms with van der Waals surface area (Å²) in [5.41, 5.74) is 0.119. The number of rotatable bonds is 4. The molecule has 1 aromatic rings. The van der Waals surface area contributed by atoms with Gasteiger partial charge in [-0.25, -0.2) is 4.79 Å². The molecule has 0 heterocycles. The van der Waals surface area contributed by atoms with E-state index in [4.69, 9.17) is 23.2 Å². The smallest absolute Gasteiger partial charge is 0.337 e. The molecule has 0 saturated heterocycles. The lowest BCUT2D eigenvalue weighted by Gasteiger charge is -2.26. The molecular weight excluding hydrogens is 289 g/mol. The van der Waals surface area contributed by atoms with E-state index < -0.39 is 5.97 Å². The number of hydrogen-bond acceptors (Lipinski definition) is 2. The van der Waals surface area contributed by atoms with Gasteiger partial charge in [0.1, 0.15) is 0 Å². The molecule has 4 nitrogen and oxygen atoms in total. The molecular formula is C13H15Cl2NO3. The first-order valence-electron chi connectivity index (χ1n) is 5.83. The molecule has 0 aliphatic carbocycles. The van der Waals surface area contributed by atoms with Gasteiger partial charge in [-0.15, -0.1) is 0 Å². The fourth-order valence-electron chi connectivity index (χ4n) is 1.71. The number of carbonyl (C=O) groups is 2. The van der Waals surface area contributed by atoms with Crippen LogP contribution in [0.15, 0.2) is 12.1 Å². The van der Waals surface area contributed by atoms with Gasteiger partial charge in [-0.05, 0) is 19.1 Å². The van der Waals surface area contributed by atoms with Crippen LogP contribution in [0.25, 0.3) is 0 Å². The zero-order valence-electron chi connectivity index (χ0n) is 10.9. The summed E-state index contributed by atoms with van der Waals surface area (Å²) in [5.74, 6) is -1.62. The summed E-state index contributed by atoms with van der Waals surface area (Å²) in [4.78, 5) is 24.8. The Morgan fingerprint density at radius 2 is 1.89 bits per heavy atom. The number of benzene rings is 1. The average molecular weight is 304 g/mol. The van der Waals surface area contributed by atoms with Crippen molar-refractivity contribution in [3.05, 3.63) is 27.7 Å². The van der Waals surface area contributed by atoms with Gasteiger partial charge in [-0.2, -0.15) is 0 Å². The van der Waals surface area contributed by atoms with E-state index in [1.54, 1.807) is 20.8 Å². The predicted octanol–water partition coefficient (Wildman–Crippen LogP) is 3.70. The molecule has 0 fully saturated rings. The molecule has 0 aromatic heterocycles. The van der Waals surface area contributed by atoms with Gasteiger partial charge in [0.05, 0.1) is 21.3 Å². The summed E-state index contributed by atoms with van der Waals surface area (Å²) in [5, 5.41) is 9.51. The van der Waals surface area contributed by atoms with E-state index in [1.165, 1.54) is 17.0 Å². The second-order valence-electron chi connectivity index (χ2n) is 4.30. The van der Waals surface area contributed by atoms with Crippen LogP contribution in [-0.2, 0) is 4.79 Å². The average Bonchev–Trinajstić information content (AvgIpc) is 2.34. The molecule has 0 aliphatic rings. The van der Waals surface area contributed by atoms with Gasteiger partial charge in [0.15, 0.2) is 0 Å². The molecule has 0 atom stereocenters. The molecule has 1 rings (SSSR count). The molecule has 0 saturated carbocycles. The zero-order valence-corrected chi connectivity index (χ0v) is 12.4. The first-order valence-corrected chi connectivity index (χ1v) is 6.59. The molecule has 1 aromatic carbocycles. The minimum atomic E-state index is -1.15. The van der Waals surface area contributed by atoms with Crippen molar-refractivity contribution in [3.63, 3.8) is 0 Å². The molecule has 0 unspecified atom stereocenters. The number of carbonyl (C=O) groups excluding carboxylic acids is 1. The Labute approximate surface area is 121 Å². The molecule has 1 amide bonds. The highest BCUT2D eigenvalue weighted by Crippen LogP contribution is 2.36. The van der Waals surface area contributed by atoms with Crippen LogP contribution in [0.5, 0.6) is 0 Å². The second kappa shape index (κ2) is 6.26. The third-order valence-corrected chi connectivity index (χ3v) is 3.44. The van der Waals surface area contributed by atoms with E-state index in [-0.39, 0.29) is 33.1 Å². The summed E-state index contributed by atoms with van der Waals surface area (Å²) in [6.45, 7) is 5.55. The SMILES string of the molecule is CCN(C(=O)C(C)C)c1c(C(=O)O)ccc(Cl)c1Cl. The van der Waals surface area contributed by atoms with E-state index >= 15 is 0 Å². The third kappa shape index (κ3) is 3.19. The van der Waals surface area contributed by atoms with Crippen LogP contribution in [0.1, 0.15) is 31.1 Å². The van der Waals surface area contributed by atoms with Crippen LogP contribution < -0.4 is 4.90 Å². The lowest BCUT2D eigenvalue weighted by atomic mass is 10.1. The normalized spacial score (nSPS) is 10.6. The number of carboxylic acids is 1. The Bertz CT molecular complexity index is 515. The van der Waals surface area contributed by atoms with Gasteiger partial charge < -0.3 is 10.0 Å². The Morgan fingerprint density at radius 1 is 1.32 bits per heavy atom. The van der Waals surface area contributed by atoms with Crippen LogP contribution in [0.2, 0.25) is 10.0 Å². The molecule has 0 spiro atoms. The largest absolute Gasteiger partial charge is 0.478 e. The number of hydrogen-bond donors (Lipinski definition) is 1. The minimum absolute atomic E-state index is 0.0368. The van der Waals surface area contributed by atoms with Crippen molar-refractivity contribution in [1.29, 1.82) is 0 Å². The van der Waals surface area contributed by atoms with Crippen molar-refractivity contribution >= 4 is 40.8 Å². The van der Waals surface area contributed by atoms with Crippen molar-refractivity contribution in [3.8, 4) is 0 Å². The first kappa shape index (κ1) is 15.8. The van der Waals surface area contributed by atoms with Crippen LogP contribution >= 0.6 is 23.2 Å². The number of carboxylic acid groups (broad SMARTS) is 1. The fraction of sp³-hybridized carbons (Fsp3) is 0.385. The zero-order chi connectivity index (χ0) is 14.7. The minimum Gasteiger partial charge on any atom is -0.478 e. The highest BCUT2D eigenvalue weighted by Gasteiger charge is 2.26. The Morgan fingerprint density at radius 3 is 2.32 bits per heavy atom. The molecule has 0 aliphatic heterocycles. The lowest BCUT2D eigenvalue weighted by molar-refractivity contribution is -0.121. The Hall–Kier alpha value is -1.26. The van der Waals surface area contributed by atoms with Crippen LogP contribution in [0.4, 0.5) is 5.69 Å². The first-order chi connectivity index (χ1) is 8.81. The topological polar surface area (TPSA) is 57.6 Å². The summed E-state index contributed by atoms with van der Waals surface area (Å²) in [7, 11) is 0. The molecule has 104 valence electrons. The van der Waals surface area contributed by atoms with E-state index in [0.717, 1.165) is 0 Å². The number of halogens is 2. The number of nitrogens with zero attached hydrogens (tertiary/aromatic N) is 1. The molecule has 6 heteroatoms. The maximum absolute atomic E-state index is 12.1. The van der Waals surface area contributed by atoms with Crippen molar-refractivity contribution in [2.75, 3.05) is 11.4 Å². The number of amides is 1.